The fourth-order valence-corrected chi connectivity index (χ4v) is 3.59. The first-order chi connectivity index (χ1) is 13.8. The van der Waals surface area contributed by atoms with Crippen molar-refractivity contribution in [3.05, 3.63) is 74.3 Å². The average Bonchev–Trinajstić information content (AvgIpc) is 2.71. The Hall–Kier alpha value is -3.22. The molecule has 3 rings (SSSR count). The highest BCUT2D eigenvalue weighted by atomic mass is 16.6. The van der Waals surface area contributed by atoms with Gasteiger partial charge in [-0.05, 0) is 68.4 Å². The number of carbonyl (C=O) groups is 2. The number of ether oxygens (including phenoxy) is 1. The molecule has 1 N–H and O–H groups in total. The first-order valence-corrected chi connectivity index (χ1v) is 9.68. The molecule has 0 saturated heterocycles. The highest BCUT2D eigenvalue weighted by molar-refractivity contribution is 5.91. The van der Waals surface area contributed by atoms with Gasteiger partial charge in [-0.3, -0.25) is 14.9 Å². The predicted molar refractivity (Wildman–Crippen MR) is 108 cm³/mol. The van der Waals surface area contributed by atoms with E-state index in [0.717, 1.165) is 18.4 Å². The van der Waals surface area contributed by atoms with Gasteiger partial charge in [-0.15, -0.1) is 0 Å². The number of nitro benzene ring substituents is 1. The van der Waals surface area contributed by atoms with Gasteiger partial charge < -0.3 is 10.1 Å². The van der Waals surface area contributed by atoms with Crippen LogP contribution in [0.15, 0.2) is 36.4 Å². The largest absolute Gasteiger partial charge is 0.452 e. The molecule has 0 heterocycles. The lowest BCUT2D eigenvalue weighted by atomic mass is 9.89. The summed E-state index contributed by atoms with van der Waals surface area (Å²) < 4.78 is 5.05. The van der Waals surface area contributed by atoms with Crippen molar-refractivity contribution in [1.29, 1.82) is 0 Å². The van der Waals surface area contributed by atoms with Crippen molar-refractivity contribution in [3.63, 3.8) is 0 Å². The summed E-state index contributed by atoms with van der Waals surface area (Å²) in [4.78, 5) is 34.7. The Labute approximate surface area is 169 Å². The molecule has 152 valence electrons. The third-order valence-electron chi connectivity index (χ3n) is 5.21. The normalized spacial score (nSPS) is 13.9. The molecule has 29 heavy (non-hydrogen) atoms. The molecule has 0 bridgehead atoms. The zero-order chi connectivity index (χ0) is 21.0. The molecule has 1 unspecified atom stereocenters. The Morgan fingerprint density at radius 2 is 1.86 bits per heavy atom. The third-order valence-corrected chi connectivity index (χ3v) is 5.21. The standard InChI is InChI=1S/C22H24N2O5/c1-14-11-19(9-10-20(14)24(27)28)22(26)29-13-21(25)23-15(2)17-8-7-16-5-3-4-6-18(16)12-17/h7-12,15H,3-6,13H2,1-2H3,(H,23,25). The van der Waals surface area contributed by atoms with Crippen LogP contribution in [-0.4, -0.2) is 23.4 Å². The smallest absolute Gasteiger partial charge is 0.338 e. The molecule has 0 aromatic heterocycles. The lowest BCUT2D eigenvalue weighted by Gasteiger charge is -2.20. The summed E-state index contributed by atoms with van der Waals surface area (Å²) in [6, 6.07) is 10.1. The Bertz CT molecular complexity index is 954. The quantitative estimate of drug-likeness (QED) is 0.455. The lowest BCUT2D eigenvalue weighted by molar-refractivity contribution is -0.385. The van der Waals surface area contributed by atoms with Crippen LogP contribution in [0.4, 0.5) is 5.69 Å². The molecule has 2 aromatic carbocycles. The van der Waals surface area contributed by atoms with Crippen LogP contribution in [0.25, 0.3) is 0 Å². The van der Waals surface area contributed by atoms with E-state index in [1.54, 1.807) is 6.92 Å². The number of fused-ring (bicyclic) bond motifs is 1. The number of nitrogens with one attached hydrogen (secondary N) is 1. The molecule has 0 fully saturated rings. The van der Waals surface area contributed by atoms with E-state index in [9.17, 15) is 19.7 Å². The van der Waals surface area contributed by atoms with Crippen LogP contribution in [0.3, 0.4) is 0 Å². The van der Waals surface area contributed by atoms with Crippen molar-refractivity contribution in [2.24, 2.45) is 0 Å². The Balaban J connectivity index is 1.55. The molecule has 0 saturated carbocycles. The van der Waals surface area contributed by atoms with E-state index in [0.29, 0.717) is 5.56 Å². The summed E-state index contributed by atoms with van der Waals surface area (Å²) >= 11 is 0. The molecule has 2 aromatic rings. The topological polar surface area (TPSA) is 98.5 Å². The number of benzene rings is 2. The van der Waals surface area contributed by atoms with E-state index < -0.39 is 23.4 Å². The third kappa shape index (κ3) is 4.99. The molecular weight excluding hydrogens is 372 g/mol. The zero-order valence-electron chi connectivity index (χ0n) is 16.6. The van der Waals surface area contributed by atoms with Crippen molar-refractivity contribution in [2.75, 3.05) is 6.61 Å². The summed E-state index contributed by atoms with van der Waals surface area (Å²) in [6.07, 6.45) is 4.58. The van der Waals surface area contributed by atoms with Gasteiger partial charge >= 0.3 is 5.97 Å². The van der Waals surface area contributed by atoms with Gasteiger partial charge in [-0.2, -0.15) is 0 Å². The maximum Gasteiger partial charge on any atom is 0.338 e. The first-order valence-electron chi connectivity index (χ1n) is 9.68. The van der Waals surface area contributed by atoms with Crippen LogP contribution in [0, 0.1) is 17.0 Å². The number of nitrogens with zero attached hydrogens (tertiary/aromatic N) is 1. The fourth-order valence-electron chi connectivity index (χ4n) is 3.59. The van der Waals surface area contributed by atoms with Gasteiger partial charge in [-0.1, -0.05) is 18.2 Å². The summed E-state index contributed by atoms with van der Waals surface area (Å²) in [5.41, 5.74) is 4.20. The van der Waals surface area contributed by atoms with Crippen LogP contribution in [0.1, 0.15) is 58.4 Å². The minimum Gasteiger partial charge on any atom is -0.452 e. The lowest BCUT2D eigenvalue weighted by Crippen LogP contribution is -2.31. The number of esters is 1. The molecular formula is C22H24N2O5. The van der Waals surface area contributed by atoms with E-state index in [1.165, 1.54) is 42.2 Å². The van der Waals surface area contributed by atoms with Crippen molar-refractivity contribution in [1.82, 2.24) is 5.32 Å². The fraction of sp³-hybridized carbons (Fsp3) is 0.364. The monoisotopic (exact) mass is 396 g/mol. The van der Waals surface area contributed by atoms with Crippen molar-refractivity contribution < 1.29 is 19.2 Å². The van der Waals surface area contributed by atoms with Crippen LogP contribution >= 0.6 is 0 Å². The Kier molecular flexibility index (Phi) is 6.26. The number of nitro groups is 1. The Morgan fingerprint density at radius 3 is 2.55 bits per heavy atom. The van der Waals surface area contributed by atoms with Crippen molar-refractivity contribution >= 4 is 17.6 Å². The van der Waals surface area contributed by atoms with Crippen molar-refractivity contribution in [2.45, 2.75) is 45.6 Å². The van der Waals surface area contributed by atoms with Crippen LogP contribution < -0.4 is 5.32 Å². The molecule has 7 heteroatoms. The second-order valence-corrected chi connectivity index (χ2v) is 7.36. The van der Waals surface area contributed by atoms with Gasteiger partial charge in [0.05, 0.1) is 16.5 Å². The van der Waals surface area contributed by atoms with E-state index in [2.05, 4.69) is 17.4 Å². The van der Waals surface area contributed by atoms with Crippen LogP contribution in [0.5, 0.6) is 0 Å². The highest BCUT2D eigenvalue weighted by Crippen LogP contribution is 2.25. The molecule has 1 aliphatic rings. The molecule has 0 aliphatic heterocycles. The molecule has 1 aliphatic carbocycles. The van der Waals surface area contributed by atoms with E-state index in [-0.39, 0.29) is 17.3 Å². The summed E-state index contributed by atoms with van der Waals surface area (Å²) in [6.45, 7) is 3.02. The molecule has 0 radical (unpaired) electrons. The van der Waals surface area contributed by atoms with Gasteiger partial charge in [0.25, 0.3) is 11.6 Å². The molecule has 0 spiro atoms. The average molecular weight is 396 g/mol. The van der Waals surface area contributed by atoms with Gasteiger partial charge in [0, 0.05) is 11.6 Å². The molecule has 7 nitrogen and oxygen atoms in total. The minimum atomic E-state index is -0.695. The summed E-state index contributed by atoms with van der Waals surface area (Å²) in [5.74, 6) is -1.10. The number of carbonyl (C=O) groups excluding carboxylic acids is 2. The van der Waals surface area contributed by atoms with E-state index >= 15 is 0 Å². The number of hydrogen-bond donors (Lipinski definition) is 1. The number of rotatable bonds is 6. The molecule has 1 amide bonds. The Morgan fingerprint density at radius 1 is 1.14 bits per heavy atom. The van der Waals surface area contributed by atoms with Gasteiger partial charge in [0.15, 0.2) is 6.61 Å². The highest BCUT2D eigenvalue weighted by Gasteiger charge is 2.17. The number of aryl methyl sites for hydroxylation is 3. The van der Waals surface area contributed by atoms with E-state index in [1.807, 2.05) is 13.0 Å². The summed E-state index contributed by atoms with van der Waals surface area (Å²) in [5, 5.41) is 13.7. The first kappa shape index (κ1) is 20.5. The second kappa shape index (κ2) is 8.86. The maximum absolute atomic E-state index is 12.2. The molecule has 1 atom stereocenters. The predicted octanol–water partition coefficient (Wildman–Crippen LogP) is 3.82. The van der Waals surface area contributed by atoms with Gasteiger partial charge in [0.1, 0.15) is 0 Å². The van der Waals surface area contributed by atoms with Gasteiger partial charge in [0.2, 0.25) is 0 Å². The number of hydrogen-bond acceptors (Lipinski definition) is 5. The van der Waals surface area contributed by atoms with Crippen LogP contribution in [0.2, 0.25) is 0 Å². The summed E-state index contributed by atoms with van der Waals surface area (Å²) in [7, 11) is 0. The second-order valence-electron chi connectivity index (χ2n) is 7.36. The van der Waals surface area contributed by atoms with Crippen molar-refractivity contribution in [3.8, 4) is 0 Å². The SMILES string of the molecule is Cc1cc(C(=O)OCC(=O)NC(C)c2ccc3c(c2)CCCC3)ccc1[N+](=O)[O-]. The van der Waals surface area contributed by atoms with Crippen LogP contribution in [-0.2, 0) is 22.4 Å². The maximum atomic E-state index is 12.2. The minimum absolute atomic E-state index is 0.0711. The van der Waals surface area contributed by atoms with E-state index in [4.69, 9.17) is 4.74 Å². The number of amides is 1. The zero-order valence-corrected chi connectivity index (χ0v) is 16.6. The van der Waals surface area contributed by atoms with Gasteiger partial charge in [-0.25, -0.2) is 4.79 Å².